The standard InChI is InChI=1S/C25H34N2O3/c1-10-17(4)21(16(2)3)22(23(28)26-9)20-13-11-19(12-14-20)18(5)15-27-24(29)30-25(6,7)8/h10-14,18,28H,1,4,9,15H2,2-3,5-8H3,(H,27,29)/b23-22+. The largest absolute Gasteiger partial charge is 0.493 e. The molecule has 1 aromatic carbocycles. The molecule has 0 saturated carbocycles. The molecule has 1 amide bonds. The van der Waals surface area contributed by atoms with Crippen molar-refractivity contribution in [3.05, 3.63) is 77.2 Å². The summed E-state index contributed by atoms with van der Waals surface area (Å²) in [5.74, 6) is -0.0854. The third kappa shape index (κ3) is 7.07. The van der Waals surface area contributed by atoms with Crippen molar-refractivity contribution in [2.45, 2.75) is 53.1 Å². The second-order valence-electron chi connectivity index (χ2n) is 8.37. The van der Waals surface area contributed by atoms with Gasteiger partial charge in [-0.05, 0) is 69.5 Å². The minimum Gasteiger partial charge on any atom is -0.493 e. The van der Waals surface area contributed by atoms with Crippen LogP contribution in [0.1, 0.15) is 58.6 Å². The van der Waals surface area contributed by atoms with Gasteiger partial charge in [0.2, 0.25) is 5.88 Å². The van der Waals surface area contributed by atoms with Crippen molar-refractivity contribution in [3.8, 4) is 0 Å². The number of carbonyl (C=O) groups is 1. The third-order valence-electron chi connectivity index (χ3n) is 4.41. The van der Waals surface area contributed by atoms with E-state index < -0.39 is 11.7 Å². The Morgan fingerprint density at radius 3 is 2.27 bits per heavy atom. The Labute approximate surface area is 180 Å². The lowest BCUT2D eigenvalue weighted by Gasteiger charge is -2.21. The molecule has 1 rings (SSSR count). The summed E-state index contributed by atoms with van der Waals surface area (Å²) in [5.41, 5.74) is 4.31. The number of allylic oxidation sites excluding steroid dienone is 5. The van der Waals surface area contributed by atoms with Crippen molar-refractivity contribution in [2.75, 3.05) is 6.54 Å². The summed E-state index contributed by atoms with van der Waals surface area (Å²) in [5, 5.41) is 13.2. The van der Waals surface area contributed by atoms with Crippen molar-refractivity contribution in [1.82, 2.24) is 5.32 Å². The van der Waals surface area contributed by atoms with E-state index in [1.165, 1.54) is 0 Å². The van der Waals surface area contributed by atoms with Crippen LogP contribution < -0.4 is 5.32 Å². The monoisotopic (exact) mass is 410 g/mol. The molecule has 0 radical (unpaired) electrons. The van der Waals surface area contributed by atoms with Gasteiger partial charge < -0.3 is 15.2 Å². The van der Waals surface area contributed by atoms with Gasteiger partial charge in [-0.15, -0.1) is 0 Å². The molecule has 5 nitrogen and oxygen atoms in total. The molecule has 0 bridgehead atoms. The number of hydrogen-bond donors (Lipinski definition) is 2. The van der Waals surface area contributed by atoms with Crippen LogP contribution in [0.15, 0.2) is 71.1 Å². The average Bonchev–Trinajstić information content (AvgIpc) is 2.67. The number of nitrogens with one attached hydrogen (secondary N) is 1. The van der Waals surface area contributed by atoms with Gasteiger partial charge in [-0.2, -0.15) is 0 Å². The van der Waals surface area contributed by atoms with E-state index in [0.29, 0.717) is 17.7 Å². The van der Waals surface area contributed by atoms with Gasteiger partial charge in [-0.1, -0.05) is 56.0 Å². The van der Waals surface area contributed by atoms with Crippen LogP contribution in [-0.4, -0.2) is 30.1 Å². The Hall–Kier alpha value is -3.08. The molecule has 0 aliphatic rings. The van der Waals surface area contributed by atoms with E-state index >= 15 is 0 Å². The number of aliphatic imine (C=N–C) groups is 1. The van der Waals surface area contributed by atoms with E-state index in [2.05, 4.69) is 30.2 Å². The molecule has 1 unspecified atom stereocenters. The lowest BCUT2D eigenvalue weighted by Crippen LogP contribution is -2.34. The molecule has 0 heterocycles. The fourth-order valence-corrected chi connectivity index (χ4v) is 2.94. The number of nitrogens with zero attached hydrogens (tertiary/aromatic N) is 1. The molecule has 0 saturated heterocycles. The first-order valence-electron chi connectivity index (χ1n) is 9.88. The summed E-state index contributed by atoms with van der Waals surface area (Å²) in [4.78, 5) is 15.6. The highest BCUT2D eigenvalue weighted by molar-refractivity contribution is 5.86. The van der Waals surface area contributed by atoms with E-state index in [-0.39, 0.29) is 11.8 Å². The topological polar surface area (TPSA) is 70.9 Å². The second-order valence-corrected chi connectivity index (χ2v) is 8.37. The Morgan fingerprint density at radius 2 is 1.83 bits per heavy atom. The smallest absolute Gasteiger partial charge is 0.407 e. The van der Waals surface area contributed by atoms with E-state index in [0.717, 1.165) is 22.3 Å². The summed E-state index contributed by atoms with van der Waals surface area (Å²) in [6.07, 6.45) is 1.21. The highest BCUT2D eigenvalue weighted by Crippen LogP contribution is 2.34. The average molecular weight is 411 g/mol. The number of hydrogen-bond acceptors (Lipinski definition) is 4. The summed E-state index contributed by atoms with van der Waals surface area (Å²) >= 11 is 0. The summed E-state index contributed by atoms with van der Waals surface area (Å²) < 4.78 is 5.27. The Balaban J connectivity index is 3.12. The predicted octanol–water partition coefficient (Wildman–Crippen LogP) is 6.32. The van der Waals surface area contributed by atoms with Crippen molar-refractivity contribution in [2.24, 2.45) is 4.99 Å². The van der Waals surface area contributed by atoms with E-state index in [1.807, 2.05) is 65.8 Å². The molecule has 0 fully saturated rings. The number of carbonyl (C=O) groups excluding carboxylic acids is 1. The van der Waals surface area contributed by atoms with E-state index in [4.69, 9.17) is 4.74 Å². The van der Waals surface area contributed by atoms with Gasteiger partial charge in [0.25, 0.3) is 0 Å². The number of rotatable bonds is 8. The fourth-order valence-electron chi connectivity index (χ4n) is 2.94. The molecule has 1 atom stereocenters. The van der Waals surface area contributed by atoms with Gasteiger partial charge >= 0.3 is 6.09 Å². The zero-order valence-electron chi connectivity index (χ0n) is 19.0. The number of aliphatic hydroxyl groups excluding tert-OH is 1. The number of amides is 1. The van der Waals surface area contributed by atoms with Gasteiger partial charge in [-0.3, -0.25) is 0 Å². The molecule has 1 aromatic rings. The first kappa shape index (κ1) is 25.0. The van der Waals surface area contributed by atoms with Gasteiger partial charge in [0.05, 0.1) is 5.57 Å². The SMILES string of the molecule is C=CC(=C)C(=C(C)C)/C(=C(/O)N=C)c1ccc(C(C)CNC(=O)OC(C)(C)C)cc1. The highest BCUT2D eigenvalue weighted by Gasteiger charge is 2.19. The second kappa shape index (κ2) is 10.6. The van der Waals surface area contributed by atoms with Crippen LogP contribution in [0.25, 0.3) is 5.57 Å². The Kier molecular flexibility index (Phi) is 8.84. The van der Waals surface area contributed by atoms with Gasteiger partial charge in [0, 0.05) is 6.54 Å². The van der Waals surface area contributed by atoms with Gasteiger partial charge in [-0.25, -0.2) is 9.79 Å². The van der Waals surface area contributed by atoms with Crippen LogP contribution in [0, 0.1) is 0 Å². The number of aliphatic hydroxyl groups is 1. The lowest BCUT2D eigenvalue weighted by atomic mass is 9.88. The van der Waals surface area contributed by atoms with Crippen LogP contribution in [0.2, 0.25) is 0 Å². The molecule has 0 spiro atoms. The number of ether oxygens (including phenoxy) is 1. The molecule has 0 aliphatic heterocycles. The predicted molar refractivity (Wildman–Crippen MR) is 126 cm³/mol. The minimum absolute atomic E-state index is 0.0798. The Morgan fingerprint density at radius 1 is 1.27 bits per heavy atom. The number of benzene rings is 1. The number of alkyl carbamates (subject to hydrolysis) is 1. The first-order chi connectivity index (χ1) is 13.9. The maximum absolute atomic E-state index is 11.9. The van der Waals surface area contributed by atoms with Crippen molar-refractivity contribution >= 4 is 18.4 Å². The van der Waals surface area contributed by atoms with Crippen LogP contribution in [-0.2, 0) is 4.74 Å². The highest BCUT2D eigenvalue weighted by atomic mass is 16.6. The zero-order valence-corrected chi connectivity index (χ0v) is 19.0. The molecule has 0 aliphatic carbocycles. The van der Waals surface area contributed by atoms with Gasteiger partial charge in [0.1, 0.15) is 5.60 Å². The summed E-state index contributed by atoms with van der Waals surface area (Å²) in [6.45, 7) is 23.1. The van der Waals surface area contributed by atoms with E-state index in [1.54, 1.807) is 6.08 Å². The summed E-state index contributed by atoms with van der Waals surface area (Å²) in [7, 11) is 0. The molecule has 2 N–H and O–H groups in total. The molecular formula is C25H34N2O3. The van der Waals surface area contributed by atoms with Crippen LogP contribution in [0.3, 0.4) is 0 Å². The fraction of sp³-hybridized carbons (Fsp3) is 0.360. The zero-order chi connectivity index (χ0) is 23.1. The molecule has 30 heavy (non-hydrogen) atoms. The maximum atomic E-state index is 11.9. The summed E-state index contributed by atoms with van der Waals surface area (Å²) in [6, 6.07) is 7.75. The third-order valence-corrected chi connectivity index (χ3v) is 4.41. The van der Waals surface area contributed by atoms with Crippen molar-refractivity contribution in [1.29, 1.82) is 0 Å². The molecule has 0 aromatic heterocycles. The quantitative estimate of drug-likeness (QED) is 0.299. The van der Waals surface area contributed by atoms with Crippen LogP contribution >= 0.6 is 0 Å². The first-order valence-corrected chi connectivity index (χ1v) is 9.88. The van der Waals surface area contributed by atoms with Crippen LogP contribution in [0.5, 0.6) is 0 Å². The molecular weight excluding hydrogens is 376 g/mol. The minimum atomic E-state index is -0.531. The lowest BCUT2D eigenvalue weighted by molar-refractivity contribution is 0.0525. The van der Waals surface area contributed by atoms with Crippen molar-refractivity contribution in [3.63, 3.8) is 0 Å². The van der Waals surface area contributed by atoms with Crippen molar-refractivity contribution < 1.29 is 14.6 Å². The van der Waals surface area contributed by atoms with Gasteiger partial charge in [0.15, 0.2) is 0 Å². The maximum Gasteiger partial charge on any atom is 0.407 e. The van der Waals surface area contributed by atoms with Crippen LogP contribution in [0.4, 0.5) is 4.79 Å². The molecule has 162 valence electrons. The van der Waals surface area contributed by atoms with E-state index in [9.17, 15) is 9.90 Å². The Bertz CT molecular complexity index is 865. The normalized spacial score (nSPS) is 12.9. The molecule has 5 heteroatoms.